The highest BCUT2D eigenvalue weighted by Gasteiger charge is 2.24. The quantitative estimate of drug-likeness (QED) is 0.870. The minimum absolute atomic E-state index is 0.466. The summed E-state index contributed by atoms with van der Waals surface area (Å²) in [6, 6.07) is 6.69. The summed E-state index contributed by atoms with van der Waals surface area (Å²) in [5.74, 6) is 0. The number of nitrogens with zero attached hydrogens (tertiary/aromatic N) is 1. The molecule has 2 rings (SSSR count). The second-order valence-corrected chi connectivity index (χ2v) is 5.58. The first kappa shape index (κ1) is 11.9. The zero-order chi connectivity index (χ0) is 11.7. The van der Waals surface area contributed by atoms with Crippen LogP contribution in [0, 0.1) is 0 Å². The Hall–Kier alpha value is -0.610. The van der Waals surface area contributed by atoms with E-state index in [-0.39, 0.29) is 0 Å². The number of halogens is 1. The number of nitrogens with two attached hydrogens (primary N) is 1. The normalized spacial score (nSPS) is 15.6. The zero-order valence-electron chi connectivity index (χ0n) is 9.24. The van der Waals surface area contributed by atoms with Gasteiger partial charge in [-0.1, -0.05) is 28.1 Å². The third-order valence-electron chi connectivity index (χ3n) is 3.23. The lowest BCUT2D eigenvalue weighted by Crippen LogP contribution is -2.38. The van der Waals surface area contributed by atoms with E-state index in [1.165, 1.54) is 19.3 Å². The number of thiocarbonyl (C=S) groups is 1. The molecule has 0 amide bonds. The van der Waals surface area contributed by atoms with Crippen molar-refractivity contribution in [3.8, 4) is 0 Å². The molecule has 0 radical (unpaired) electrons. The molecule has 0 aliphatic heterocycles. The predicted molar refractivity (Wildman–Crippen MR) is 76.1 cm³/mol. The van der Waals surface area contributed by atoms with Crippen LogP contribution >= 0.6 is 28.1 Å². The summed E-state index contributed by atoms with van der Waals surface area (Å²) in [6.07, 6.45) is 3.85. The van der Waals surface area contributed by atoms with E-state index in [4.69, 9.17) is 18.0 Å². The maximum atomic E-state index is 5.75. The average molecular weight is 299 g/mol. The topological polar surface area (TPSA) is 29.3 Å². The highest BCUT2D eigenvalue weighted by molar-refractivity contribution is 9.10. The monoisotopic (exact) mass is 298 g/mol. The minimum Gasteiger partial charge on any atom is -0.389 e. The summed E-state index contributed by atoms with van der Waals surface area (Å²) in [5.41, 5.74) is 7.85. The maximum Gasteiger partial charge on any atom is 0.106 e. The van der Waals surface area contributed by atoms with E-state index >= 15 is 0 Å². The lowest BCUT2D eigenvalue weighted by atomic mass is 9.91. The Labute approximate surface area is 110 Å². The second-order valence-electron chi connectivity index (χ2n) is 4.22. The number of rotatable bonds is 3. The van der Waals surface area contributed by atoms with Gasteiger partial charge in [0, 0.05) is 28.8 Å². The fourth-order valence-electron chi connectivity index (χ4n) is 1.98. The molecule has 0 heterocycles. The van der Waals surface area contributed by atoms with Crippen molar-refractivity contribution in [1.82, 2.24) is 0 Å². The van der Waals surface area contributed by atoms with Crippen LogP contribution in [0.15, 0.2) is 22.7 Å². The molecule has 1 aromatic carbocycles. The van der Waals surface area contributed by atoms with Crippen molar-refractivity contribution in [2.24, 2.45) is 5.73 Å². The van der Waals surface area contributed by atoms with Gasteiger partial charge < -0.3 is 10.6 Å². The molecule has 16 heavy (non-hydrogen) atoms. The number of hydrogen-bond donors (Lipinski definition) is 1. The van der Waals surface area contributed by atoms with Crippen LogP contribution in [0.4, 0.5) is 5.69 Å². The van der Waals surface area contributed by atoms with E-state index in [0.29, 0.717) is 11.0 Å². The minimum atomic E-state index is 0.466. The van der Waals surface area contributed by atoms with Gasteiger partial charge in [-0.05, 0) is 37.5 Å². The Morgan fingerprint density at radius 3 is 2.69 bits per heavy atom. The predicted octanol–water partition coefficient (Wildman–Crippen LogP) is 3.07. The Bertz CT molecular complexity index is 415. The van der Waals surface area contributed by atoms with Crippen LogP contribution in [0.2, 0.25) is 0 Å². The molecule has 86 valence electrons. The van der Waals surface area contributed by atoms with E-state index in [2.05, 4.69) is 33.9 Å². The van der Waals surface area contributed by atoms with Gasteiger partial charge in [0.15, 0.2) is 0 Å². The van der Waals surface area contributed by atoms with Gasteiger partial charge in [0.2, 0.25) is 0 Å². The van der Waals surface area contributed by atoms with Crippen molar-refractivity contribution < 1.29 is 0 Å². The van der Waals surface area contributed by atoms with Crippen LogP contribution in [0.5, 0.6) is 0 Å². The summed E-state index contributed by atoms with van der Waals surface area (Å²) < 4.78 is 1.06. The Morgan fingerprint density at radius 1 is 1.50 bits per heavy atom. The fraction of sp³-hybridized carbons (Fsp3) is 0.417. The SMILES string of the molecule is CN(c1cc(Br)ccc1C(N)=S)C1CCC1. The van der Waals surface area contributed by atoms with Crippen LogP contribution in [-0.4, -0.2) is 18.1 Å². The molecule has 4 heteroatoms. The van der Waals surface area contributed by atoms with Gasteiger partial charge in [-0.25, -0.2) is 0 Å². The van der Waals surface area contributed by atoms with Crippen molar-refractivity contribution in [3.63, 3.8) is 0 Å². The largest absolute Gasteiger partial charge is 0.389 e. The number of hydrogen-bond acceptors (Lipinski definition) is 2. The third kappa shape index (κ3) is 2.23. The van der Waals surface area contributed by atoms with E-state index in [1.54, 1.807) is 0 Å². The van der Waals surface area contributed by atoms with Crippen molar-refractivity contribution in [1.29, 1.82) is 0 Å². The summed E-state index contributed by atoms with van der Waals surface area (Å²) in [4.78, 5) is 2.76. The molecule has 0 saturated heterocycles. The second kappa shape index (κ2) is 4.72. The number of anilines is 1. The lowest BCUT2D eigenvalue weighted by Gasteiger charge is -2.37. The molecule has 1 fully saturated rings. The molecule has 1 aromatic rings. The molecule has 0 spiro atoms. The van der Waals surface area contributed by atoms with Crippen LogP contribution in [0.3, 0.4) is 0 Å². The highest BCUT2D eigenvalue weighted by atomic mass is 79.9. The molecule has 1 aliphatic rings. The Balaban J connectivity index is 2.36. The molecule has 2 nitrogen and oxygen atoms in total. The summed E-state index contributed by atoms with van der Waals surface area (Å²) in [7, 11) is 2.12. The molecule has 0 aromatic heterocycles. The molecule has 1 saturated carbocycles. The summed E-state index contributed by atoms with van der Waals surface area (Å²) in [6.45, 7) is 0. The average Bonchev–Trinajstić information content (AvgIpc) is 2.14. The Kier molecular flexibility index (Phi) is 3.50. The maximum absolute atomic E-state index is 5.75. The van der Waals surface area contributed by atoms with Gasteiger partial charge in [0.25, 0.3) is 0 Å². The smallest absolute Gasteiger partial charge is 0.106 e. The fourth-order valence-corrected chi connectivity index (χ4v) is 2.50. The summed E-state index contributed by atoms with van der Waals surface area (Å²) >= 11 is 8.58. The lowest BCUT2D eigenvalue weighted by molar-refractivity contribution is 0.401. The third-order valence-corrected chi connectivity index (χ3v) is 3.94. The van der Waals surface area contributed by atoms with Crippen LogP contribution in [0.1, 0.15) is 24.8 Å². The van der Waals surface area contributed by atoms with E-state index in [0.717, 1.165) is 15.7 Å². The van der Waals surface area contributed by atoms with Gasteiger partial charge in [0.1, 0.15) is 4.99 Å². The van der Waals surface area contributed by atoms with E-state index in [9.17, 15) is 0 Å². The molecule has 0 bridgehead atoms. The standard InChI is InChI=1S/C12H15BrN2S/c1-15(9-3-2-4-9)11-7-8(13)5-6-10(11)12(14)16/h5-7,9H,2-4H2,1H3,(H2,14,16). The van der Waals surface area contributed by atoms with Gasteiger partial charge >= 0.3 is 0 Å². The first-order valence-corrected chi connectivity index (χ1v) is 6.62. The van der Waals surface area contributed by atoms with Gasteiger partial charge in [0.05, 0.1) is 0 Å². The van der Waals surface area contributed by atoms with Crippen molar-refractivity contribution >= 4 is 38.8 Å². The molecule has 1 aliphatic carbocycles. The van der Waals surface area contributed by atoms with E-state index < -0.39 is 0 Å². The Morgan fingerprint density at radius 2 is 2.19 bits per heavy atom. The van der Waals surface area contributed by atoms with E-state index in [1.807, 2.05) is 12.1 Å². The molecule has 2 N–H and O–H groups in total. The molecular formula is C12H15BrN2S. The summed E-state index contributed by atoms with van der Waals surface area (Å²) in [5, 5.41) is 0. The van der Waals surface area contributed by atoms with Gasteiger partial charge in [-0.15, -0.1) is 0 Å². The molecule has 0 atom stereocenters. The number of benzene rings is 1. The van der Waals surface area contributed by atoms with Crippen LogP contribution < -0.4 is 10.6 Å². The van der Waals surface area contributed by atoms with Crippen molar-refractivity contribution in [2.75, 3.05) is 11.9 Å². The zero-order valence-corrected chi connectivity index (χ0v) is 11.6. The molecule has 0 unspecified atom stereocenters. The van der Waals surface area contributed by atoms with Gasteiger partial charge in [-0.2, -0.15) is 0 Å². The van der Waals surface area contributed by atoms with Crippen LogP contribution in [0.25, 0.3) is 0 Å². The first-order chi connectivity index (χ1) is 7.59. The molecular weight excluding hydrogens is 284 g/mol. The van der Waals surface area contributed by atoms with Gasteiger partial charge in [-0.3, -0.25) is 0 Å². The highest BCUT2D eigenvalue weighted by Crippen LogP contribution is 2.32. The van der Waals surface area contributed by atoms with Crippen molar-refractivity contribution in [3.05, 3.63) is 28.2 Å². The van der Waals surface area contributed by atoms with Crippen LogP contribution in [-0.2, 0) is 0 Å². The first-order valence-electron chi connectivity index (χ1n) is 5.42. The van der Waals surface area contributed by atoms with Crippen molar-refractivity contribution in [2.45, 2.75) is 25.3 Å².